The maximum absolute atomic E-state index is 2.56. The maximum atomic E-state index is 2.56. The van der Waals surface area contributed by atoms with E-state index in [1.54, 1.807) is 0 Å². The Morgan fingerprint density at radius 2 is 1.44 bits per heavy atom. The molecule has 2 unspecified atom stereocenters. The van der Waals surface area contributed by atoms with Crippen LogP contribution in [-0.2, 0) is 12.8 Å². The van der Waals surface area contributed by atoms with E-state index in [9.17, 15) is 0 Å². The summed E-state index contributed by atoms with van der Waals surface area (Å²) in [6.07, 6.45) is 16.4. The molecule has 0 spiro atoms. The Morgan fingerprint density at radius 1 is 0.708 bits per heavy atom. The van der Waals surface area contributed by atoms with E-state index in [-0.39, 0.29) is 16.9 Å². The fraction of sp³-hybridized carbons (Fsp3) is 0.304. The monoisotopic (exact) mass is 628 g/mol. The van der Waals surface area contributed by atoms with Gasteiger partial charge in [0.2, 0.25) is 0 Å². The second-order valence-electron chi connectivity index (χ2n) is 16.6. The lowest BCUT2D eigenvalue weighted by Crippen LogP contribution is -2.29. The van der Waals surface area contributed by atoms with Crippen molar-refractivity contribution in [2.75, 3.05) is 4.90 Å². The quantitative estimate of drug-likeness (QED) is 0.188. The predicted molar refractivity (Wildman–Crippen MR) is 206 cm³/mol. The van der Waals surface area contributed by atoms with E-state index in [0.717, 1.165) is 25.7 Å². The molecule has 242 valence electrons. The van der Waals surface area contributed by atoms with Crippen molar-refractivity contribution >= 4 is 28.4 Å². The lowest BCUT2D eigenvalue weighted by atomic mass is 9.82. The summed E-state index contributed by atoms with van der Waals surface area (Å²) < 4.78 is 2.53. The van der Waals surface area contributed by atoms with E-state index in [1.165, 1.54) is 67.0 Å². The van der Waals surface area contributed by atoms with Gasteiger partial charge in [0.25, 0.3) is 0 Å². The second kappa shape index (κ2) is 11.5. The summed E-state index contributed by atoms with van der Waals surface area (Å²) in [4.78, 5) is 2.56. The summed E-state index contributed by atoms with van der Waals surface area (Å²) in [5.74, 6) is 0.363. The molecular formula is C46H48N2. The molecule has 0 amide bonds. The summed E-state index contributed by atoms with van der Waals surface area (Å²) in [7, 11) is 0. The normalized spacial score (nSPS) is 18.5. The Kier molecular flexibility index (Phi) is 7.40. The Morgan fingerprint density at radius 3 is 2.21 bits per heavy atom. The molecule has 0 saturated carbocycles. The first-order chi connectivity index (χ1) is 23.0. The standard InChI is InChI=1S/C46H48N2/c1-45(2,3)29-31-21-23-43-39(25-31)37-17-7-9-19-41(37)47(43)35-15-11-13-33(27-35)34-14-12-16-36(28-34)48-42-20-10-8-18-38(42)40-26-32(22-24-44(40)48)30-46(4,5)6/h7-9,11-19,21-28,39,43H,10,20,29-30H2,1-6H3. The highest BCUT2D eigenvalue weighted by atomic mass is 15.2. The van der Waals surface area contributed by atoms with Crippen LogP contribution in [0.5, 0.6) is 0 Å². The van der Waals surface area contributed by atoms with Crippen molar-refractivity contribution in [3.05, 3.63) is 143 Å². The third-order valence-electron chi connectivity index (χ3n) is 10.2. The topological polar surface area (TPSA) is 8.17 Å². The first kappa shape index (κ1) is 30.8. The fourth-order valence-corrected chi connectivity index (χ4v) is 8.38. The number of hydrogen-bond donors (Lipinski definition) is 0. The van der Waals surface area contributed by atoms with E-state index in [1.807, 2.05) is 0 Å². The number of rotatable bonds is 5. The number of para-hydroxylation sites is 1. The number of allylic oxidation sites excluding steroid dienone is 3. The number of hydrogen-bond acceptors (Lipinski definition) is 1. The summed E-state index contributed by atoms with van der Waals surface area (Å²) in [6.45, 7) is 14.0. The van der Waals surface area contributed by atoms with E-state index in [2.05, 4.69) is 172 Å². The summed E-state index contributed by atoms with van der Waals surface area (Å²) in [5, 5.41) is 1.37. The Bertz CT molecular complexity index is 2120. The molecule has 0 radical (unpaired) electrons. The highest BCUT2D eigenvalue weighted by Gasteiger charge is 2.38. The Balaban J connectivity index is 1.17. The van der Waals surface area contributed by atoms with Crippen LogP contribution >= 0.6 is 0 Å². The van der Waals surface area contributed by atoms with Crippen molar-refractivity contribution in [1.29, 1.82) is 0 Å². The molecule has 3 aliphatic rings. The van der Waals surface area contributed by atoms with Gasteiger partial charge in [-0.2, -0.15) is 0 Å². The van der Waals surface area contributed by atoms with Gasteiger partial charge in [0.05, 0.1) is 11.6 Å². The van der Waals surface area contributed by atoms with Crippen LogP contribution in [0.25, 0.3) is 33.8 Å². The molecule has 5 aromatic rings. The van der Waals surface area contributed by atoms with Crippen molar-refractivity contribution < 1.29 is 0 Å². The zero-order valence-corrected chi connectivity index (χ0v) is 29.4. The van der Waals surface area contributed by atoms with Gasteiger partial charge < -0.3 is 9.47 Å². The van der Waals surface area contributed by atoms with Gasteiger partial charge in [0.1, 0.15) is 0 Å². The molecule has 1 aromatic heterocycles. The third kappa shape index (κ3) is 5.66. The minimum absolute atomic E-state index is 0.256. The SMILES string of the molecule is CC(C)(C)CC1=CC2c3ccccc3N(c3cccc(-c4cccc(-n5c6c(c7cc(CC(C)(C)C)ccc75)C=CCC6)c4)c3)C2C=C1. The molecular weight excluding hydrogens is 581 g/mol. The molecule has 0 N–H and O–H groups in total. The smallest absolute Gasteiger partial charge is 0.0629 e. The average molecular weight is 629 g/mol. The summed E-state index contributed by atoms with van der Waals surface area (Å²) >= 11 is 0. The van der Waals surface area contributed by atoms with E-state index < -0.39 is 0 Å². The van der Waals surface area contributed by atoms with Crippen LogP contribution in [0.2, 0.25) is 0 Å². The number of aromatic nitrogens is 1. The Labute approximate surface area is 287 Å². The van der Waals surface area contributed by atoms with E-state index in [0.29, 0.717) is 5.92 Å². The van der Waals surface area contributed by atoms with Gasteiger partial charge in [-0.3, -0.25) is 0 Å². The molecule has 2 heterocycles. The highest BCUT2D eigenvalue weighted by Crippen LogP contribution is 2.49. The number of fused-ring (bicyclic) bond motifs is 6. The van der Waals surface area contributed by atoms with Gasteiger partial charge in [0.15, 0.2) is 0 Å². The van der Waals surface area contributed by atoms with Gasteiger partial charge in [-0.15, -0.1) is 0 Å². The van der Waals surface area contributed by atoms with Crippen LogP contribution < -0.4 is 4.90 Å². The third-order valence-corrected chi connectivity index (χ3v) is 10.2. The van der Waals surface area contributed by atoms with Crippen LogP contribution in [0.1, 0.15) is 82.7 Å². The van der Waals surface area contributed by atoms with Crippen LogP contribution in [0.15, 0.2) is 121 Å². The van der Waals surface area contributed by atoms with E-state index >= 15 is 0 Å². The lowest BCUT2D eigenvalue weighted by Gasteiger charge is -2.31. The summed E-state index contributed by atoms with van der Waals surface area (Å²) in [5.41, 5.74) is 15.2. The lowest BCUT2D eigenvalue weighted by molar-refractivity contribution is 0.411. The molecule has 2 aliphatic carbocycles. The molecule has 2 heteroatoms. The molecule has 8 rings (SSSR count). The van der Waals surface area contributed by atoms with Gasteiger partial charge in [0, 0.05) is 39.6 Å². The molecule has 2 atom stereocenters. The molecule has 0 saturated heterocycles. The zero-order valence-electron chi connectivity index (χ0n) is 29.4. The van der Waals surface area contributed by atoms with Crippen LogP contribution in [0, 0.1) is 10.8 Å². The van der Waals surface area contributed by atoms with Crippen LogP contribution in [-0.4, -0.2) is 10.6 Å². The van der Waals surface area contributed by atoms with E-state index in [4.69, 9.17) is 0 Å². The number of nitrogens with zero attached hydrogens (tertiary/aromatic N) is 2. The fourth-order valence-electron chi connectivity index (χ4n) is 8.38. The minimum Gasteiger partial charge on any atom is -0.333 e. The molecule has 1 aliphatic heterocycles. The van der Waals surface area contributed by atoms with Crippen molar-refractivity contribution in [3.63, 3.8) is 0 Å². The van der Waals surface area contributed by atoms with Gasteiger partial charge >= 0.3 is 0 Å². The minimum atomic E-state index is 0.256. The van der Waals surface area contributed by atoms with Gasteiger partial charge in [-0.25, -0.2) is 0 Å². The first-order valence-electron chi connectivity index (χ1n) is 17.8. The maximum Gasteiger partial charge on any atom is 0.0629 e. The highest BCUT2D eigenvalue weighted by molar-refractivity contribution is 5.94. The largest absolute Gasteiger partial charge is 0.333 e. The average Bonchev–Trinajstić information content (AvgIpc) is 3.56. The van der Waals surface area contributed by atoms with Crippen molar-refractivity contribution in [2.24, 2.45) is 10.8 Å². The first-order valence-corrected chi connectivity index (χ1v) is 17.8. The molecule has 0 fully saturated rings. The van der Waals surface area contributed by atoms with Gasteiger partial charge in [-0.05, 0) is 101 Å². The van der Waals surface area contributed by atoms with Gasteiger partial charge in [-0.1, -0.05) is 126 Å². The summed E-state index contributed by atoms with van der Waals surface area (Å²) in [6, 6.07) is 34.8. The predicted octanol–water partition coefficient (Wildman–Crippen LogP) is 12.4. The molecule has 48 heavy (non-hydrogen) atoms. The molecule has 2 nitrogen and oxygen atoms in total. The Hall–Kier alpha value is -4.56. The van der Waals surface area contributed by atoms with Crippen molar-refractivity contribution in [3.8, 4) is 16.8 Å². The zero-order chi connectivity index (χ0) is 33.2. The van der Waals surface area contributed by atoms with Crippen LogP contribution in [0.3, 0.4) is 0 Å². The molecule has 4 aromatic carbocycles. The van der Waals surface area contributed by atoms with Crippen LogP contribution in [0.4, 0.5) is 11.4 Å². The van der Waals surface area contributed by atoms with Crippen molar-refractivity contribution in [1.82, 2.24) is 4.57 Å². The number of anilines is 2. The molecule has 0 bridgehead atoms. The van der Waals surface area contributed by atoms with Crippen molar-refractivity contribution in [2.45, 2.75) is 79.2 Å². The number of benzene rings is 4. The second-order valence-corrected chi connectivity index (χ2v) is 16.6.